The second-order valence-electron chi connectivity index (χ2n) is 4.06. The van der Waals surface area contributed by atoms with E-state index in [4.69, 9.17) is 0 Å². The summed E-state index contributed by atoms with van der Waals surface area (Å²) in [6, 6.07) is 13.0. The van der Waals surface area contributed by atoms with Crippen molar-refractivity contribution < 1.29 is 13.2 Å². The predicted octanol–water partition coefficient (Wildman–Crippen LogP) is 4.92. The largest absolute Gasteiger partial charge is 0.416 e. The van der Waals surface area contributed by atoms with Gasteiger partial charge in [0.05, 0.1) is 5.56 Å². The van der Waals surface area contributed by atoms with Crippen molar-refractivity contribution in [2.45, 2.75) is 12.7 Å². The topological polar surface area (TPSA) is 12.0 Å². The van der Waals surface area contributed by atoms with Gasteiger partial charge >= 0.3 is 6.18 Å². The quantitative estimate of drug-likeness (QED) is 0.749. The molecule has 0 aliphatic carbocycles. The van der Waals surface area contributed by atoms with Gasteiger partial charge in [0.1, 0.15) is 0 Å². The van der Waals surface area contributed by atoms with Crippen LogP contribution in [-0.4, -0.2) is 0 Å². The van der Waals surface area contributed by atoms with Gasteiger partial charge in [0.15, 0.2) is 0 Å². The molecule has 5 heteroatoms. The van der Waals surface area contributed by atoms with Crippen molar-refractivity contribution in [1.29, 1.82) is 0 Å². The van der Waals surface area contributed by atoms with Gasteiger partial charge in [-0.2, -0.15) is 13.2 Å². The fourth-order valence-electron chi connectivity index (χ4n) is 1.61. The highest BCUT2D eigenvalue weighted by Gasteiger charge is 2.30. The summed E-state index contributed by atoms with van der Waals surface area (Å²) >= 11 is 2.20. The number of rotatable bonds is 3. The molecule has 2 rings (SSSR count). The predicted molar refractivity (Wildman–Crippen MR) is 77.9 cm³/mol. The molecule has 0 aliphatic rings. The molecule has 0 saturated heterocycles. The summed E-state index contributed by atoms with van der Waals surface area (Å²) in [6.45, 7) is 0.498. The van der Waals surface area contributed by atoms with Crippen molar-refractivity contribution in [2.24, 2.45) is 0 Å². The van der Waals surface area contributed by atoms with E-state index < -0.39 is 11.7 Å². The zero-order chi connectivity index (χ0) is 13.9. The second-order valence-corrected chi connectivity index (χ2v) is 5.30. The van der Waals surface area contributed by atoms with Gasteiger partial charge in [-0.05, 0) is 58.5 Å². The summed E-state index contributed by atoms with van der Waals surface area (Å²) in [5.74, 6) is 0. The van der Waals surface area contributed by atoms with E-state index in [9.17, 15) is 13.2 Å². The minimum Gasteiger partial charge on any atom is -0.381 e. The molecule has 0 bridgehead atoms. The molecular formula is C14H11F3IN. The van der Waals surface area contributed by atoms with Gasteiger partial charge in [-0.3, -0.25) is 0 Å². The van der Waals surface area contributed by atoms with Gasteiger partial charge in [0, 0.05) is 15.8 Å². The molecule has 0 amide bonds. The molecule has 100 valence electrons. The summed E-state index contributed by atoms with van der Waals surface area (Å²) < 4.78 is 38.8. The Kier molecular flexibility index (Phi) is 4.34. The van der Waals surface area contributed by atoms with Crippen molar-refractivity contribution in [2.75, 3.05) is 5.32 Å². The average Bonchev–Trinajstić information content (AvgIpc) is 2.37. The average molecular weight is 377 g/mol. The van der Waals surface area contributed by atoms with Crippen LogP contribution in [0.15, 0.2) is 48.5 Å². The third-order valence-corrected chi connectivity index (χ3v) is 3.32. The van der Waals surface area contributed by atoms with Crippen LogP contribution in [0.2, 0.25) is 0 Å². The standard InChI is InChI=1S/C14H11F3IN/c15-14(16,17)11-2-1-3-13(8-11)19-9-10-4-6-12(18)7-5-10/h1-8,19H,9H2. The lowest BCUT2D eigenvalue weighted by Gasteiger charge is -2.10. The first-order valence-corrected chi connectivity index (χ1v) is 6.68. The van der Waals surface area contributed by atoms with E-state index in [-0.39, 0.29) is 0 Å². The molecule has 0 fully saturated rings. The molecule has 0 heterocycles. The molecule has 0 aromatic heterocycles. The summed E-state index contributed by atoms with van der Waals surface area (Å²) in [5.41, 5.74) is 0.853. The molecular weight excluding hydrogens is 366 g/mol. The molecule has 0 atom stereocenters. The van der Waals surface area contributed by atoms with E-state index in [0.717, 1.165) is 21.3 Å². The molecule has 19 heavy (non-hydrogen) atoms. The summed E-state index contributed by atoms with van der Waals surface area (Å²) in [4.78, 5) is 0. The number of halogens is 4. The normalized spacial score (nSPS) is 11.4. The van der Waals surface area contributed by atoms with Crippen molar-refractivity contribution in [1.82, 2.24) is 0 Å². The Morgan fingerprint density at radius 1 is 1.00 bits per heavy atom. The van der Waals surface area contributed by atoms with Gasteiger partial charge < -0.3 is 5.32 Å². The van der Waals surface area contributed by atoms with Gasteiger partial charge in [-0.1, -0.05) is 18.2 Å². The lowest BCUT2D eigenvalue weighted by molar-refractivity contribution is -0.137. The Balaban J connectivity index is 2.05. The zero-order valence-electron chi connectivity index (χ0n) is 9.84. The Labute approximate surface area is 123 Å². The number of benzene rings is 2. The number of alkyl halides is 3. The first-order valence-electron chi connectivity index (χ1n) is 5.61. The number of anilines is 1. The van der Waals surface area contributed by atoms with E-state index >= 15 is 0 Å². The fourth-order valence-corrected chi connectivity index (χ4v) is 1.97. The van der Waals surface area contributed by atoms with E-state index in [1.54, 1.807) is 6.07 Å². The van der Waals surface area contributed by atoms with Crippen LogP contribution in [0, 0.1) is 3.57 Å². The highest BCUT2D eigenvalue weighted by Crippen LogP contribution is 2.30. The number of nitrogens with one attached hydrogen (secondary N) is 1. The third kappa shape index (κ3) is 4.12. The molecule has 2 aromatic carbocycles. The van der Waals surface area contributed by atoms with Crippen molar-refractivity contribution in [3.8, 4) is 0 Å². The smallest absolute Gasteiger partial charge is 0.381 e. The molecule has 0 saturated carbocycles. The Hall–Kier alpha value is -1.24. The molecule has 0 aliphatic heterocycles. The number of hydrogen-bond donors (Lipinski definition) is 1. The van der Waals surface area contributed by atoms with Crippen molar-refractivity contribution in [3.63, 3.8) is 0 Å². The highest BCUT2D eigenvalue weighted by atomic mass is 127. The maximum Gasteiger partial charge on any atom is 0.416 e. The van der Waals surface area contributed by atoms with Crippen LogP contribution >= 0.6 is 22.6 Å². The summed E-state index contributed by atoms with van der Waals surface area (Å²) in [5, 5.41) is 2.99. The monoisotopic (exact) mass is 377 g/mol. The molecule has 0 spiro atoms. The van der Waals surface area contributed by atoms with Crippen LogP contribution in [0.4, 0.5) is 18.9 Å². The van der Waals surface area contributed by atoms with Gasteiger partial charge in [-0.25, -0.2) is 0 Å². The Morgan fingerprint density at radius 3 is 2.32 bits per heavy atom. The van der Waals surface area contributed by atoms with Crippen LogP contribution in [0.25, 0.3) is 0 Å². The highest BCUT2D eigenvalue weighted by molar-refractivity contribution is 14.1. The van der Waals surface area contributed by atoms with Gasteiger partial charge in [0.25, 0.3) is 0 Å². The maximum absolute atomic E-state index is 12.5. The van der Waals surface area contributed by atoms with E-state index in [1.807, 2.05) is 24.3 Å². The van der Waals surface area contributed by atoms with Crippen LogP contribution in [-0.2, 0) is 12.7 Å². The maximum atomic E-state index is 12.5. The SMILES string of the molecule is FC(F)(F)c1cccc(NCc2ccc(I)cc2)c1. The third-order valence-electron chi connectivity index (χ3n) is 2.60. The molecule has 0 unspecified atom stereocenters. The fraction of sp³-hybridized carbons (Fsp3) is 0.143. The van der Waals surface area contributed by atoms with Gasteiger partial charge in [0.2, 0.25) is 0 Å². The molecule has 0 radical (unpaired) electrons. The Morgan fingerprint density at radius 2 is 1.68 bits per heavy atom. The minimum atomic E-state index is -4.31. The van der Waals surface area contributed by atoms with Crippen LogP contribution in [0.3, 0.4) is 0 Å². The van der Waals surface area contributed by atoms with Crippen LogP contribution in [0.5, 0.6) is 0 Å². The lowest BCUT2D eigenvalue weighted by atomic mass is 10.2. The number of hydrogen-bond acceptors (Lipinski definition) is 1. The minimum absolute atomic E-state index is 0.466. The van der Waals surface area contributed by atoms with Crippen LogP contribution < -0.4 is 5.32 Å². The van der Waals surface area contributed by atoms with Crippen molar-refractivity contribution in [3.05, 3.63) is 63.2 Å². The summed E-state index contributed by atoms with van der Waals surface area (Å²) in [7, 11) is 0. The molecule has 1 N–H and O–H groups in total. The van der Waals surface area contributed by atoms with E-state index in [1.165, 1.54) is 6.07 Å². The van der Waals surface area contributed by atoms with E-state index in [0.29, 0.717) is 12.2 Å². The van der Waals surface area contributed by atoms with Crippen LogP contribution in [0.1, 0.15) is 11.1 Å². The molecule has 2 aromatic rings. The first kappa shape index (κ1) is 14.2. The van der Waals surface area contributed by atoms with Gasteiger partial charge in [-0.15, -0.1) is 0 Å². The lowest BCUT2D eigenvalue weighted by Crippen LogP contribution is -2.06. The second kappa shape index (κ2) is 5.81. The van der Waals surface area contributed by atoms with E-state index in [2.05, 4.69) is 27.9 Å². The Bertz CT molecular complexity index is 549. The summed E-state index contributed by atoms with van der Waals surface area (Å²) in [6.07, 6.45) is -4.31. The zero-order valence-corrected chi connectivity index (χ0v) is 12.0. The molecule has 1 nitrogen and oxygen atoms in total. The first-order chi connectivity index (χ1) is 8.95. The van der Waals surface area contributed by atoms with Crippen molar-refractivity contribution >= 4 is 28.3 Å².